The highest BCUT2D eigenvalue weighted by Gasteiger charge is 2.38. The maximum Gasteiger partial charge on any atom is 0.279 e. The molecule has 38 heavy (non-hydrogen) atoms. The molecule has 0 aromatic heterocycles. The van der Waals surface area contributed by atoms with Crippen LogP contribution in [0.5, 0.6) is 0 Å². The molecule has 7 heteroatoms. The number of nitrogens with one attached hydrogen (secondary N) is 2. The average Bonchev–Trinajstić information content (AvgIpc) is 3.08. The molecular weight excluding hydrogens is 498 g/mol. The van der Waals surface area contributed by atoms with Crippen molar-refractivity contribution >= 4 is 40.7 Å². The third-order valence-electron chi connectivity index (χ3n) is 6.67. The predicted octanol–water partition coefficient (Wildman–Crippen LogP) is 6.93. The number of halogens is 1. The van der Waals surface area contributed by atoms with Crippen molar-refractivity contribution in [1.82, 2.24) is 4.90 Å². The highest BCUT2D eigenvalue weighted by atomic mass is 35.5. The molecule has 3 aromatic carbocycles. The van der Waals surface area contributed by atoms with Gasteiger partial charge in [-0.1, -0.05) is 93.9 Å². The number of benzene rings is 3. The Morgan fingerprint density at radius 3 is 2.11 bits per heavy atom. The van der Waals surface area contributed by atoms with E-state index in [1.165, 1.54) is 0 Å². The number of carbonyl (C=O) groups excluding carboxylic acids is 3. The van der Waals surface area contributed by atoms with Gasteiger partial charge in [0.25, 0.3) is 17.7 Å². The normalized spacial score (nSPS) is 13.6. The van der Waals surface area contributed by atoms with Crippen LogP contribution in [0.4, 0.5) is 11.4 Å². The Hall–Kier alpha value is -3.90. The second-order valence-electron chi connectivity index (χ2n) is 10.1. The van der Waals surface area contributed by atoms with Crippen molar-refractivity contribution < 1.29 is 14.4 Å². The van der Waals surface area contributed by atoms with Crippen LogP contribution in [0.1, 0.15) is 72.1 Å². The van der Waals surface area contributed by atoms with E-state index in [1.807, 2.05) is 55.5 Å². The molecule has 0 aliphatic carbocycles. The Labute approximate surface area is 228 Å². The molecule has 196 valence electrons. The maximum absolute atomic E-state index is 13.4. The first-order valence-electron chi connectivity index (χ1n) is 12.7. The minimum Gasteiger partial charge on any atom is -0.349 e. The van der Waals surface area contributed by atoms with E-state index in [1.54, 1.807) is 18.2 Å². The molecule has 1 heterocycles. The molecule has 0 atom stereocenters. The number of nitrogens with zero attached hydrogens (tertiary/aromatic N) is 1. The summed E-state index contributed by atoms with van der Waals surface area (Å²) < 4.78 is 0. The molecular formula is C31H32ClN3O3. The minimum atomic E-state index is -0.555. The van der Waals surface area contributed by atoms with Crippen molar-refractivity contribution in [3.05, 3.63) is 105 Å². The quantitative estimate of drug-likeness (QED) is 0.310. The zero-order valence-electron chi connectivity index (χ0n) is 22.3. The van der Waals surface area contributed by atoms with Crippen LogP contribution >= 0.6 is 11.6 Å². The zero-order valence-corrected chi connectivity index (χ0v) is 23.0. The lowest BCUT2D eigenvalue weighted by Crippen LogP contribution is -2.31. The molecule has 6 nitrogen and oxygen atoms in total. The molecule has 0 radical (unpaired) electrons. The molecule has 0 saturated carbocycles. The molecule has 3 aromatic rings. The van der Waals surface area contributed by atoms with Crippen molar-refractivity contribution in [1.29, 1.82) is 0 Å². The molecule has 1 aliphatic rings. The summed E-state index contributed by atoms with van der Waals surface area (Å²) >= 11 is 6.32. The van der Waals surface area contributed by atoms with E-state index in [0.717, 1.165) is 32.8 Å². The van der Waals surface area contributed by atoms with Gasteiger partial charge in [0, 0.05) is 16.9 Å². The first-order chi connectivity index (χ1) is 18.1. The topological polar surface area (TPSA) is 78.5 Å². The van der Waals surface area contributed by atoms with Crippen molar-refractivity contribution in [2.24, 2.45) is 0 Å². The molecule has 4 rings (SSSR count). The van der Waals surface area contributed by atoms with Crippen LogP contribution in [0.3, 0.4) is 0 Å². The fourth-order valence-corrected chi connectivity index (χ4v) is 4.71. The lowest BCUT2D eigenvalue weighted by Gasteiger charge is -2.20. The summed E-state index contributed by atoms with van der Waals surface area (Å²) in [6.07, 6.45) is 0. The van der Waals surface area contributed by atoms with Gasteiger partial charge in [0.2, 0.25) is 0 Å². The molecule has 0 fully saturated rings. The second-order valence-corrected chi connectivity index (χ2v) is 10.5. The predicted molar refractivity (Wildman–Crippen MR) is 152 cm³/mol. The molecule has 1 aliphatic heterocycles. The van der Waals surface area contributed by atoms with Gasteiger partial charge in [-0.05, 0) is 53.1 Å². The Kier molecular flexibility index (Phi) is 8.02. The Bertz CT molecular complexity index is 1400. The van der Waals surface area contributed by atoms with Crippen LogP contribution in [-0.4, -0.2) is 22.6 Å². The first-order valence-corrected chi connectivity index (χ1v) is 13.1. The number of amides is 3. The fourth-order valence-electron chi connectivity index (χ4n) is 4.48. The van der Waals surface area contributed by atoms with Gasteiger partial charge in [0.1, 0.15) is 10.7 Å². The van der Waals surface area contributed by atoms with Gasteiger partial charge in [-0.3, -0.25) is 19.3 Å². The van der Waals surface area contributed by atoms with Crippen molar-refractivity contribution in [3.63, 3.8) is 0 Å². The van der Waals surface area contributed by atoms with E-state index in [0.29, 0.717) is 11.3 Å². The molecule has 0 bridgehead atoms. The number of hydrogen-bond donors (Lipinski definition) is 2. The zero-order chi connectivity index (χ0) is 27.6. The third-order valence-corrected chi connectivity index (χ3v) is 7.02. The number of para-hydroxylation sites is 1. The molecule has 3 amide bonds. The summed E-state index contributed by atoms with van der Waals surface area (Å²) in [4.78, 5) is 40.4. The largest absolute Gasteiger partial charge is 0.349 e. The molecule has 2 N–H and O–H groups in total. The van der Waals surface area contributed by atoms with E-state index in [2.05, 4.69) is 38.3 Å². The van der Waals surface area contributed by atoms with Crippen molar-refractivity contribution in [3.8, 4) is 0 Å². The second kappa shape index (κ2) is 11.2. The molecule has 0 unspecified atom stereocenters. The van der Waals surface area contributed by atoms with E-state index < -0.39 is 11.8 Å². The first kappa shape index (κ1) is 27.1. The summed E-state index contributed by atoms with van der Waals surface area (Å²) in [6.45, 7) is 10.4. The van der Waals surface area contributed by atoms with Crippen LogP contribution in [0, 0.1) is 6.92 Å². The number of carbonyl (C=O) groups is 3. The summed E-state index contributed by atoms with van der Waals surface area (Å²) in [5, 5.41) is 5.98. The maximum atomic E-state index is 13.4. The van der Waals surface area contributed by atoms with E-state index in [-0.39, 0.29) is 35.0 Å². The monoisotopic (exact) mass is 529 g/mol. The van der Waals surface area contributed by atoms with Crippen LogP contribution in [-0.2, 0) is 16.1 Å². The van der Waals surface area contributed by atoms with Gasteiger partial charge in [-0.15, -0.1) is 0 Å². The molecule has 0 saturated heterocycles. The summed E-state index contributed by atoms with van der Waals surface area (Å²) in [7, 11) is 0. The standard InChI is InChI=1S/C31H32ClN3O3/c1-18(2)23-12-9-13-24(19(3)4)27(23)34-29(36)22-15-14-20(5)25(16-22)33-28-26(32)30(37)35(31(28)38)17-21-10-7-6-8-11-21/h6-16,18-19,33H,17H2,1-5H3,(H,34,36). The fraction of sp³-hybridized carbons (Fsp3) is 0.258. The average molecular weight is 530 g/mol. The van der Waals surface area contributed by atoms with Crippen molar-refractivity contribution in [2.75, 3.05) is 10.6 Å². The number of anilines is 2. The van der Waals surface area contributed by atoms with Crippen LogP contribution < -0.4 is 10.6 Å². The van der Waals surface area contributed by atoms with E-state index in [9.17, 15) is 14.4 Å². The number of rotatable bonds is 8. The summed E-state index contributed by atoms with van der Waals surface area (Å²) in [5.74, 6) is -0.856. The van der Waals surface area contributed by atoms with Crippen LogP contribution in [0.25, 0.3) is 0 Å². The third kappa shape index (κ3) is 5.50. The van der Waals surface area contributed by atoms with Gasteiger partial charge >= 0.3 is 0 Å². The highest BCUT2D eigenvalue weighted by molar-refractivity contribution is 6.48. The van der Waals surface area contributed by atoms with Crippen molar-refractivity contribution in [2.45, 2.75) is 53.0 Å². The van der Waals surface area contributed by atoms with Crippen LogP contribution in [0.15, 0.2) is 77.5 Å². The van der Waals surface area contributed by atoms with Gasteiger partial charge in [0.05, 0.1) is 6.54 Å². The van der Waals surface area contributed by atoms with Gasteiger partial charge in [-0.2, -0.15) is 0 Å². The Morgan fingerprint density at radius 2 is 1.50 bits per heavy atom. The number of hydrogen-bond acceptors (Lipinski definition) is 4. The van der Waals surface area contributed by atoms with Crippen LogP contribution in [0.2, 0.25) is 0 Å². The smallest absolute Gasteiger partial charge is 0.279 e. The van der Waals surface area contributed by atoms with Gasteiger partial charge in [-0.25, -0.2) is 0 Å². The SMILES string of the molecule is Cc1ccc(C(=O)Nc2c(C(C)C)cccc2C(C)C)cc1NC1=C(Cl)C(=O)N(Cc2ccccc2)C1=O. The van der Waals surface area contributed by atoms with E-state index >= 15 is 0 Å². The summed E-state index contributed by atoms with van der Waals surface area (Å²) in [6, 6.07) is 20.5. The Morgan fingerprint density at radius 1 is 0.868 bits per heavy atom. The lowest BCUT2D eigenvalue weighted by molar-refractivity contribution is -0.138. The van der Waals surface area contributed by atoms with Gasteiger partial charge < -0.3 is 10.6 Å². The molecule has 0 spiro atoms. The Balaban J connectivity index is 1.59. The minimum absolute atomic E-state index is 0.000466. The lowest BCUT2D eigenvalue weighted by atomic mass is 9.92. The number of imide groups is 1. The van der Waals surface area contributed by atoms with Gasteiger partial charge in [0.15, 0.2) is 0 Å². The number of aryl methyl sites for hydroxylation is 1. The van der Waals surface area contributed by atoms with E-state index in [4.69, 9.17) is 11.6 Å². The summed E-state index contributed by atoms with van der Waals surface area (Å²) in [5.41, 5.74) is 5.52. The highest BCUT2D eigenvalue weighted by Crippen LogP contribution is 2.33.